The summed E-state index contributed by atoms with van der Waals surface area (Å²) in [4.78, 5) is 30.1. The van der Waals surface area contributed by atoms with Crippen molar-refractivity contribution in [3.8, 4) is 16.9 Å². The van der Waals surface area contributed by atoms with Gasteiger partial charge in [0.1, 0.15) is 5.58 Å². The Kier molecular flexibility index (Phi) is 6.57. The highest BCUT2D eigenvalue weighted by Crippen LogP contribution is 2.28. The average Bonchev–Trinajstić information content (AvgIpc) is 3.28. The Morgan fingerprint density at radius 2 is 1.80 bits per heavy atom. The third kappa shape index (κ3) is 5.08. The van der Waals surface area contributed by atoms with Gasteiger partial charge in [-0.1, -0.05) is 64.1 Å². The van der Waals surface area contributed by atoms with Crippen LogP contribution in [0.15, 0.2) is 104 Å². The van der Waals surface area contributed by atoms with Crippen molar-refractivity contribution in [1.29, 1.82) is 0 Å². The number of anilines is 1. The van der Waals surface area contributed by atoms with Gasteiger partial charge in [0.15, 0.2) is 5.16 Å². The van der Waals surface area contributed by atoms with Crippen LogP contribution >= 0.6 is 27.7 Å². The van der Waals surface area contributed by atoms with Crippen LogP contribution in [0, 0.1) is 6.92 Å². The molecule has 3 aromatic carbocycles. The number of nitrogens with zero attached hydrogens (tertiary/aromatic N) is 2. The second-order valence-corrected chi connectivity index (χ2v) is 9.75. The van der Waals surface area contributed by atoms with Crippen molar-refractivity contribution in [3.05, 3.63) is 106 Å². The van der Waals surface area contributed by atoms with Crippen molar-refractivity contribution in [2.24, 2.45) is 0 Å². The Bertz CT molecular complexity index is 1590. The first kappa shape index (κ1) is 23.1. The van der Waals surface area contributed by atoms with E-state index in [9.17, 15) is 9.59 Å². The highest BCUT2D eigenvalue weighted by atomic mass is 79.9. The van der Waals surface area contributed by atoms with Crippen LogP contribution < -0.4 is 10.9 Å². The number of carbonyl (C=O) groups is 1. The highest BCUT2D eigenvalue weighted by molar-refractivity contribution is 9.10. The molecule has 0 radical (unpaired) electrons. The van der Waals surface area contributed by atoms with Crippen molar-refractivity contribution < 1.29 is 9.21 Å². The lowest BCUT2D eigenvalue weighted by Crippen LogP contribution is -2.15. The predicted octanol–water partition coefficient (Wildman–Crippen LogP) is 6.45. The maximum Gasteiger partial charge on any atom is 0.345 e. The Balaban J connectivity index is 1.48. The van der Waals surface area contributed by atoms with Gasteiger partial charge in [-0.15, -0.1) is 0 Å². The Morgan fingerprint density at radius 1 is 1.06 bits per heavy atom. The third-order valence-electron chi connectivity index (χ3n) is 5.45. The third-order valence-corrected chi connectivity index (χ3v) is 6.93. The monoisotopic (exact) mass is 545 g/mol. The molecule has 0 aliphatic carbocycles. The van der Waals surface area contributed by atoms with Crippen molar-refractivity contribution in [1.82, 2.24) is 9.55 Å². The molecule has 0 atom stereocenters. The maximum absolute atomic E-state index is 12.7. The number of halogens is 1. The van der Waals surface area contributed by atoms with Gasteiger partial charge in [0, 0.05) is 27.4 Å². The van der Waals surface area contributed by atoms with E-state index in [0.717, 1.165) is 26.8 Å². The Labute approximate surface area is 214 Å². The van der Waals surface area contributed by atoms with E-state index in [1.165, 1.54) is 11.8 Å². The number of aromatic nitrogens is 2. The zero-order chi connectivity index (χ0) is 24.4. The molecule has 2 aromatic heterocycles. The number of aryl methyl sites for hydroxylation is 1. The smallest absolute Gasteiger partial charge is 0.345 e. The van der Waals surface area contributed by atoms with E-state index in [-0.39, 0.29) is 11.7 Å². The number of carbonyl (C=O) groups excluding carboxylic acids is 1. The Morgan fingerprint density at radius 3 is 2.60 bits per heavy atom. The first-order chi connectivity index (χ1) is 17.0. The molecule has 0 saturated heterocycles. The predicted molar refractivity (Wildman–Crippen MR) is 143 cm³/mol. The molecule has 0 aliphatic rings. The van der Waals surface area contributed by atoms with Crippen molar-refractivity contribution >= 4 is 50.3 Å². The SMILES string of the molecule is Cc1ccccc1NC(=O)CSc1nc(-c2cc3ccccc3oc2=O)cn1-c1ccc(Br)cc1. The van der Waals surface area contributed by atoms with E-state index in [1.54, 1.807) is 18.3 Å². The van der Waals surface area contributed by atoms with E-state index in [2.05, 4.69) is 21.2 Å². The summed E-state index contributed by atoms with van der Waals surface area (Å²) in [6.45, 7) is 1.95. The van der Waals surface area contributed by atoms with Crippen LogP contribution in [0.25, 0.3) is 27.9 Å². The van der Waals surface area contributed by atoms with Gasteiger partial charge >= 0.3 is 5.63 Å². The fraction of sp³-hybridized carbons (Fsp3) is 0.0741. The summed E-state index contributed by atoms with van der Waals surface area (Å²) in [6.07, 6.45) is 1.80. The molecular formula is C27H20BrN3O3S. The standard InChI is InChI=1S/C27H20BrN3O3S/c1-17-6-2-4-8-22(17)29-25(32)16-35-27-30-23(15-31(27)20-12-10-19(28)11-13-20)21-14-18-7-3-5-9-24(18)34-26(21)33/h2-15H,16H2,1H3,(H,29,32). The molecule has 6 nitrogen and oxygen atoms in total. The van der Waals surface area contributed by atoms with Gasteiger partial charge in [0.25, 0.3) is 0 Å². The number of hydrogen-bond acceptors (Lipinski definition) is 5. The first-order valence-electron chi connectivity index (χ1n) is 10.8. The molecule has 0 aliphatic heterocycles. The summed E-state index contributed by atoms with van der Waals surface area (Å²) in [5, 5.41) is 4.35. The lowest BCUT2D eigenvalue weighted by Gasteiger charge is -2.09. The highest BCUT2D eigenvalue weighted by Gasteiger charge is 2.17. The molecule has 174 valence electrons. The summed E-state index contributed by atoms with van der Waals surface area (Å²) in [5.74, 6) is 0.0228. The van der Waals surface area contributed by atoms with Gasteiger partial charge in [-0.25, -0.2) is 9.78 Å². The number of fused-ring (bicyclic) bond motifs is 1. The summed E-state index contributed by atoms with van der Waals surface area (Å²) in [5.41, 5.74) is 3.55. The van der Waals surface area contributed by atoms with Crippen LogP contribution in [0.1, 0.15) is 5.56 Å². The number of rotatable bonds is 6. The average molecular weight is 546 g/mol. The molecular weight excluding hydrogens is 526 g/mol. The second-order valence-electron chi connectivity index (χ2n) is 7.89. The normalized spacial score (nSPS) is 11.0. The number of hydrogen-bond donors (Lipinski definition) is 1. The lowest BCUT2D eigenvalue weighted by atomic mass is 10.1. The molecule has 5 rings (SSSR count). The molecule has 35 heavy (non-hydrogen) atoms. The summed E-state index contributed by atoms with van der Waals surface area (Å²) < 4.78 is 8.34. The van der Waals surface area contributed by atoms with E-state index in [0.29, 0.717) is 22.0 Å². The minimum absolute atomic E-state index is 0.138. The molecule has 0 fully saturated rings. The van der Waals surface area contributed by atoms with Crippen molar-refractivity contribution in [2.75, 3.05) is 11.1 Å². The summed E-state index contributed by atoms with van der Waals surface area (Å²) >= 11 is 4.76. The van der Waals surface area contributed by atoms with Crippen LogP contribution in [-0.2, 0) is 4.79 Å². The van der Waals surface area contributed by atoms with Gasteiger partial charge in [-0.3, -0.25) is 9.36 Å². The van der Waals surface area contributed by atoms with E-state index in [1.807, 2.05) is 78.2 Å². The fourth-order valence-electron chi connectivity index (χ4n) is 3.65. The second kappa shape index (κ2) is 9.93. The molecule has 0 bridgehead atoms. The van der Waals surface area contributed by atoms with Gasteiger partial charge in [0.05, 0.1) is 17.0 Å². The zero-order valence-electron chi connectivity index (χ0n) is 18.7. The van der Waals surface area contributed by atoms with Crippen molar-refractivity contribution in [2.45, 2.75) is 12.1 Å². The lowest BCUT2D eigenvalue weighted by molar-refractivity contribution is -0.113. The van der Waals surface area contributed by atoms with E-state index < -0.39 is 5.63 Å². The number of imidazole rings is 1. The van der Waals surface area contributed by atoms with Gasteiger partial charge in [-0.05, 0) is 55.0 Å². The van der Waals surface area contributed by atoms with Crippen molar-refractivity contribution in [3.63, 3.8) is 0 Å². The molecule has 0 unspecified atom stereocenters. The van der Waals surface area contributed by atoms with Crippen LogP contribution in [0.5, 0.6) is 0 Å². The molecule has 2 heterocycles. The largest absolute Gasteiger partial charge is 0.422 e. The number of thioether (sulfide) groups is 1. The zero-order valence-corrected chi connectivity index (χ0v) is 21.1. The van der Waals surface area contributed by atoms with E-state index in [4.69, 9.17) is 9.40 Å². The quantitative estimate of drug-likeness (QED) is 0.196. The number of benzene rings is 3. The van der Waals surface area contributed by atoms with Crippen LogP contribution in [0.2, 0.25) is 0 Å². The van der Waals surface area contributed by atoms with Crippen LogP contribution in [0.3, 0.4) is 0 Å². The van der Waals surface area contributed by atoms with Gasteiger partial charge in [0.2, 0.25) is 5.91 Å². The van der Waals surface area contributed by atoms with Crippen LogP contribution in [-0.4, -0.2) is 21.2 Å². The number of para-hydroxylation sites is 2. The topological polar surface area (TPSA) is 77.1 Å². The Hall–Kier alpha value is -3.62. The van der Waals surface area contributed by atoms with Gasteiger partial charge < -0.3 is 9.73 Å². The minimum Gasteiger partial charge on any atom is -0.422 e. The molecule has 8 heteroatoms. The molecule has 1 N–H and O–H groups in total. The van der Waals surface area contributed by atoms with Crippen LogP contribution in [0.4, 0.5) is 5.69 Å². The molecule has 0 saturated carbocycles. The fourth-order valence-corrected chi connectivity index (χ4v) is 4.71. The first-order valence-corrected chi connectivity index (χ1v) is 12.6. The summed E-state index contributed by atoms with van der Waals surface area (Å²) in [6, 6.07) is 24.5. The van der Waals surface area contributed by atoms with E-state index >= 15 is 0 Å². The molecule has 1 amide bonds. The number of amides is 1. The summed E-state index contributed by atoms with van der Waals surface area (Å²) in [7, 11) is 0. The molecule has 0 spiro atoms. The van der Waals surface area contributed by atoms with Gasteiger partial charge in [-0.2, -0.15) is 0 Å². The molecule has 5 aromatic rings. The maximum atomic E-state index is 12.7. The minimum atomic E-state index is -0.460. The number of nitrogens with one attached hydrogen (secondary N) is 1.